The third-order valence-electron chi connectivity index (χ3n) is 2.73. The van der Waals surface area contributed by atoms with Crippen LogP contribution in [0.5, 0.6) is 0 Å². The largest absolute Gasteiger partial charge is 0.389 e. The van der Waals surface area contributed by atoms with Crippen molar-refractivity contribution in [1.82, 2.24) is 5.32 Å². The van der Waals surface area contributed by atoms with Gasteiger partial charge in [-0.15, -0.1) is 0 Å². The molecule has 0 saturated carbocycles. The third-order valence-corrected chi connectivity index (χ3v) is 2.73. The van der Waals surface area contributed by atoms with Crippen LogP contribution in [0.25, 0.3) is 0 Å². The van der Waals surface area contributed by atoms with E-state index in [-0.39, 0.29) is 12.3 Å². The molecule has 18 heavy (non-hydrogen) atoms. The Kier molecular flexibility index (Phi) is 8.79. The first-order valence-corrected chi connectivity index (χ1v) is 6.38. The van der Waals surface area contributed by atoms with E-state index in [2.05, 4.69) is 5.32 Å². The molecule has 0 heterocycles. The van der Waals surface area contributed by atoms with Crippen molar-refractivity contribution in [3.05, 3.63) is 0 Å². The summed E-state index contributed by atoms with van der Waals surface area (Å²) in [6.45, 7) is 2.96. The van der Waals surface area contributed by atoms with Crippen LogP contribution in [0.4, 0.5) is 13.2 Å². The van der Waals surface area contributed by atoms with Gasteiger partial charge < -0.3 is 11.1 Å². The second-order valence-electron chi connectivity index (χ2n) is 4.64. The fourth-order valence-corrected chi connectivity index (χ4v) is 1.57. The zero-order chi connectivity index (χ0) is 14.0. The highest BCUT2D eigenvalue weighted by Gasteiger charge is 2.25. The molecule has 0 rings (SSSR count). The minimum Gasteiger partial charge on any atom is -0.356 e. The summed E-state index contributed by atoms with van der Waals surface area (Å²) >= 11 is 0. The van der Waals surface area contributed by atoms with Crippen molar-refractivity contribution in [3.63, 3.8) is 0 Å². The lowest BCUT2D eigenvalue weighted by molar-refractivity contribution is -0.135. The lowest BCUT2D eigenvalue weighted by Gasteiger charge is -2.10. The van der Waals surface area contributed by atoms with Crippen LogP contribution in [-0.2, 0) is 4.79 Å². The van der Waals surface area contributed by atoms with Crippen LogP contribution in [0.2, 0.25) is 0 Å². The predicted molar refractivity (Wildman–Crippen MR) is 65.0 cm³/mol. The van der Waals surface area contributed by atoms with Gasteiger partial charge in [0.05, 0.1) is 0 Å². The van der Waals surface area contributed by atoms with E-state index in [1.54, 1.807) is 0 Å². The lowest BCUT2D eigenvalue weighted by Crippen LogP contribution is -2.25. The zero-order valence-corrected chi connectivity index (χ0v) is 10.9. The van der Waals surface area contributed by atoms with Gasteiger partial charge in [-0.2, -0.15) is 13.2 Å². The molecule has 0 bridgehead atoms. The van der Waals surface area contributed by atoms with Crippen molar-refractivity contribution in [3.8, 4) is 0 Å². The summed E-state index contributed by atoms with van der Waals surface area (Å²) in [5.41, 5.74) is 5.39. The maximum absolute atomic E-state index is 11.8. The quantitative estimate of drug-likeness (QED) is 0.631. The standard InChI is InChI=1S/C12H23F3N2O/c1-10(6-8-16)4-5-11(18)17-9-3-2-7-12(13,14)15/h10H,2-9,16H2,1H3,(H,17,18). The number of nitrogens with two attached hydrogens (primary N) is 1. The number of halogens is 3. The molecule has 1 amide bonds. The molecule has 0 aliphatic rings. The summed E-state index contributed by atoms with van der Waals surface area (Å²) in [4.78, 5) is 11.3. The topological polar surface area (TPSA) is 55.1 Å². The highest BCUT2D eigenvalue weighted by molar-refractivity contribution is 5.75. The van der Waals surface area contributed by atoms with E-state index in [0.717, 1.165) is 12.8 Å². The minimum atomic E-state index is -4.10. The molecule has 1 atom stereocenters. The Balaban J connectivity index is 3.43. The van der Waals surface area contributed by atoms with Gasteiger partial charge in [-0.3, -0.25) is 4.79 Å². The fourth-order valence-electron chi connectivity index (χ4n) is 1.57. The predicted octanol–water partition coefficient (Wildman–Crippen LogP) is 2.60. The number of alkyl halides is 3. The van der Waals surface area contributed by atoms with Crippen molar-refractivity contribution >= 4 is 5.91 Å². The second kappa shape index (κ2) is 9.19. The van der Waals surface area contributed by atoms with Gasteiger partial charge in [0.25, 0.3) is 0 Å². The summed E-state index contributed by atoms with van der Waals surface area (Å²) in [5.74, 6) is 0.317. The van der Waals surface area contributed by atoms with Gasteiger partial charge in [-0.25, -0.2) is 0 Å². The van der Waals surface area contributed by atoms with Crippen molar-refractivity contribution in [2.45, 2.75) is 51.6 Å². The Hall–Kier alpha value is -0.780. The third kappa shape index (κ3) is 11.7. The molecule has 108 valence electrons. The number of hydrogen-bond acceptors (Lipinski definition) is 2. The van der Waals surface area contributed by atoms with Crippen LogP contribution in [0.1, 0.15) is 45.4 Å². The smallest absolute Gasteiger partial charge is 0.356 e. The van der Waals surface area contributed by atoms with Gasteiger partial charge in [0.1, 0.15) is 0 Å². The highest BCUT2D eigenvalue weighted by Crippen LogP contribution is 2.21. The lowest BCUT2D eigenvalue weighted by atomic mass is 10.0. The van der Waals surface area contributed by atoms with Crippen molar-refractivity contribution in [2.75, 3.05) is 13.1 Å². The zero-order valence-electron chi connectivity index (χ0n) is 10.9. The number of hydrogen-bond donors (Lipinski definition) is 2. The van der Waals surface area contributed by atoms with Crippen LogP contribution in [-0.4, -0.2) is 25.2 Å². The Labute approximate surface area is 106 Å². The van der Waals surface area contributed by atoms with E-state index >= 15 is 0 Å². The fraction of sp³-hybridized carbons (Fsp3) is 0.917. The Bertz CT molecular complexity index is 232. The normalized spacial score (nSPS) is 13.4. The first-order chi connectivity index (χ1) is 8.35. The Morgan fingerprint density at radius 3 is 2.50 bits per heavy atom. The number of rotatable bonds is 9. The number of carbonyl (C=O) groups is 1. The SMILES string of the molecule is CC(CCN)CCC(=O)NCCCCC(F)(F)F. The van der Waals surface area contributed by atoms with E-state index in [0.29, 0.717) is 31.8 Å². The Morgan fingerprint density at radius 1 is 1.28 bits per heavy atom. The summed E-state index contributed by atoms with van der Waals surface area (Å²) in [5, 5.41) is 2.63. The molecule has 0 aromatic carbocycles. The van der Waals surface area contributed by atoms with Crippen molar-refractivity contribution < 1.29 is 18.0 Å². The highest BCUT2D eigenvalue weighted by atomic mass is 19.4. The molecule has 0 aliphatic carbocycles. The van der Waals surface area contributed by atoms with Crippen LogP contribution >= 0.6 is 0 Å². The molecular formula is C12H23F3N2O. The van der Waals surface area contributed by atoms with Gasteiger partial charge in [-0.1, -0.05) is 6.92 Å². The van der Waals surface area contributed by atoms with E-state index < -0.39 is 12.6 Å². The molecule has 1 unspecified atom stereocenters. The summed E-state index contributed by atoms with van der Waals surface area (Å²) < 4.78 is 35.5. The molecule has 0 fully saturated rings. The van der Waals surface area contributed by atoms with Crippen LogP contribution in [0, 0.1) is 5.92 Å². The molecular weight excluding hydrogens is 245 g/mol. The van der Waals surface area contributed by atoms with Crippen molar-refractivity contribution in [1.29, 1.82) is 0 Å². The molecule has 0 radical (unpaired) electrons. The van der Waals surface area contributed by atoms with Crippen molar-refractivity contribution in [2.24, 2.45) is 11.7 Å². The van der Waals surface area contributed by atoms with Crippen LogP contribution in [0.15, 0.2) is 0 Å². The average Bonchev–Trinajstić information content (AvgIpc) is 2.25. The van der Waals surface area contributed by atoms with Gasteiger partial charge >= 0.3 is 6.18 Å². The number of nitrogens with one attached hydrogen (secondary N) is 1. The summed E-state index contributed by atoms with van der Waals surface area (Å²) in [6.07, 6.45) is -2.38. The molecule has 0 aliphatic heterocycles. The summed E-state index contributed by atoms with van der Waals surface area (Å²) in [7, 11) is 0. The maximum atomic E-state index is 11.8. The molecule has 3 N–H and O–H groups in total. The second-order valence-corrected chi connectivity index (χ2v) is 4.64. The van der Waals surface area contributed by atoms with E-state index in [9.17, 15) is 18.0 Å². The van der Waals surface area contributed by atoms with Gasteiger partial charge in [0.2, 0.25) is 5.91 Å². The summed E-state index contributed by atoms with van der Waals surface area (Å²) in [6, 6.07) is 0. The van der Waals surface area contributed by atoms with Crippen LogP contribution < -0.4 is 11.1 Å². The Morgan fingerprint density at radius 2 is 1.94 bits per heavy atom. The van der Waals surface area contributed by atoms with Gasteiger partial charge in [-0.05, 0) is 38.1 Å². The maximum Gasteiger partial charge on any atom is 0.389 e. The average molecular weight is 268 g/mol. The molecule has 3 nitrogen and oxygen atoms in total. The van der Waals surface area contributed by atoms with Gasteiger partial charge in [0, 0.05) is 19.4 Å². The minimum absolute atomic E-state index is 0.0629. The number of amides is 1. The first-order valence-electron chi connectivity index (χ1n) is 6.38. The van der Waals surface area contributed by atoms with E-state index in [1.807, 2.05) is 6.92 Å². The number of carbonyl (C=O) groups excluding carboxylic acids is 1. The van der Waals surface area contributed by atoms with Gasteiger partial charge in [0.15, 0.2) is 0 Å². The molecule has 0 saturated heterocycles. The van der Waals surface area contributed by atoms with Crippen LogP contribution in [0.3, 0.4) is 0 Å². The molecule has 0 aromatic heterocycles. The van der Waals surface area contributed by atoms with E-state index in [1.165, 1.54) is 0 Å². The number of unbranched alkanes of at least 4 members (excludes halogenated alkanes) is 1. The molecule has 0 aromatic rings. The monoisotopic (exact) mass is 268 g/mol. The molecule has 0 spiro atoms. The molecule has 6 heteroatoms. The van der Waals surface area contributed by atoms with E-state index in [4.69, 9.17) is 5.73 Å². The first kappa shape index (κ1) is 17.2.